The molecule has 1 N–H and O–H groups in total. The second-order valence-electron chi connectivity index (χ2n) is 4.79. The molecule has 0 aliphatic rings. The Kier molecular flexibility index (Phi) is 6.17. The van der Waals surface area contributed by atoms with Gasteiger partial charge >= 0.3 is 0 Å². The second-order valence-corrected chi connectivity index (χ2v) is 5.64. The summed E-state index contributed by atoms with van der Waals surface area (Å²) in [6.45, 7) is 1.86. The zero-order valence-electron chi connectivity index (χ0n) is 12.9. The third-order valence-electron chi connectivity index (χ3n) is 2.96. The van der Waals surface area contributed by atoms with Gasteiger partial charge in [-0.3, -0.25) is 4.79 Å². The maximum absolute atomic E-state index is 11.7. The minimum Gasteiger partial charge on any atom is -0.497 e. The maximum atomic E-state index is 11.7. The van der Waals surface area contributed by atoms with E-state index in [1.54, 1.807) is 13.2 Å². The molecule has 1 amide bonds. The molecule has 0 radical (unpaired) electrons. The number of carbonyl (C=O) groups excluding carboxylic acids is 1. The first kappa shape index (κ1) is 17.0. The maximum Gasteiger partial charge on any atom is 0.277 e. The first-order valence-electron chi connectivity index (χ1n) is 6.93. The van der Waals surface area contributed by atoms with Crippen molar-refractivity contribution in [2.24, 2.45) is 5.10 Å². The SMILES string of the molecule is COc1ccc(Br)c(/C=N/NC(=O)COc2cccc(C)c2)c1. The number of hydrogen-bond donors (Lipinski definition) is 1. The van der Waals surface area contributed by atoms with Gasteiger partial charge < -0.3 is 9.47 Å². The molecule has 23 heavy (non-hydrogen) atoms. The van der Waals surface area contributed by atoms with E-state index in [4.69, 9.17) is 9.47 Å². The van der Waals surface area contributed by atoms with E-state index < -0.39 is 0 Å². The highest BCUT2D eigenvalue weighted by molar-refractivity contribution is 9.10. The molecule has 0 spiro atoms. The van der Waals surface area contributed by atoms with Crippen LogP contribution in [-0.2, 0) is 4.79 Å². The first-order valence-corrected chi connectivity index (χ1v) is 7.72. The van der Waals surface area contributed by atoms with Gasteiger partial charge in [0.15, 0.2) is 6.61 Å². The molecular formula is C17H17BrN2O3. The molecule has 0 saturated heterocycles. The largest absolute Gasteiger partial charge is 0.497 e. The van der Waals surface area contributed by atoms with Crippen LogP contribution in [0, 0.1) is 6.92 Å². The van der Waals surface area contributed by atoms with Crippen LogP contribution in [-0.4, -0.2) is 25.8 Å². The van der Waals surface area contributed by atoms with Crippen LogP contribution in [0.4, 0.5) is 0 Å². The predicted octanol–water partition coefficient (Wildman–Crippen LogP) is 3.30. The van der Waals surface area contributed by atoms with Gasteiger partial charge in [0.05, 0.1) is 13.3 Å². The molecule has 2 aromatic rings. The quantitative estimate of drug-likeness (QED) is 0.621. The van der Waals surface area contributed by atoms with E-state index >= 15 is 0 Å². The van der Waals surface area contributed by atoms with E-state index in [2.05, 4.69) is 26.5 Å². The Morgan fingerprint density at radius 2 is 2.09 bits per heavy atom. The fourth-order valence-electron chi connectivity index (χ4n) is 1.81. The molecule has 0 unspecified atom stereocenters. The fourth-order valence-corrected chi connectivity index (χ4v) is 2.16. The number of ether oxygens (including phenoxy) is 2. The number of hydrogen-bond acceptors (Lipinski definition) is 4. The van der Waals surface area contributed by atoms with Crippen molar-refractivity contribution < 1.29 is 14.3 Å². The highest BCUT2D eigenvalue weighted by Gasteiger charge is 2.03. The molecule has 0 aromatic heterocycles. The summed E-state index contributed by atoms with van der Waals surface area (Å²) in [4.78, 5) is 11.7. The average molecular weight is 377 g/mol. The Hall–Kier alpha value is -2.34. The lowest BCUT2D eigenvalue weighted by atomic mass is 10.2. The number of nitrogens with one attached hydrogen (secondary N) is 1. The third-order valence-corrected chi connectivity index (χ3v) is 3.68. The summed E-state index contributed by atoms with van der Waals surface area (Å²) >= 11 is 3.41. The first-order chi connectivity index (χ1) is 11.1. The predicted molar refractivity (Wildman–Crippen MR) is 93.1 cm³/mol. The third kappa shape index (κ3) is 5.41. The van der Waals surface area contributed by atoms with E-state index in [9.17, 15) is 4.79 Å². The van der Waals surface area contributed by atoms with Crippen LogP contribution >= 0.6 is 15.9 Å². The van der Waals surface area contributed by atoms with E-state index in [0.29, 0.717) is 11.5 Å². The van der Waals surface area contributed by atoms with Crippen molar-refractivity contribution in [1.29, 1.82) is 0 Å². The summed E-state index contributed by atoms with van der Waals surface area (Å²) in [5.41, 5.74) is 4.29. The van der Waals surface area contributed by atoms with Gasteiger partial charge in [0.2, 0.25) is 0 Å². The number of carbonyl (C=O) groups is 1. The highest BCUT2D eigenvalue weighted by atomic mass is 79.9. The zero-order chi connectivity index (χ0) is 16.7. The van der Waals surface area contributed by atoms with Gasteiger partial charge in [-0.05, 0) is 42.8 Å². The van der Waals surface area contributed by atoms with Crippen molar-refractivity contribution >= 4 is 28.1 Å². The van der Waals surface area contributed by atoms with Crippen molar-refractivity contribution in [3.05, 3.63) is 58.1 Å². The van der Waals surface area contributed by atoms with Crippen molar-refractivity contribution in [1.82, 2.24) is 5.43 Å². The van der Waals surface area contributed by atoms with Crippen LogP contribution in [0.25, 0.3) is 0 Å². The number of halogens is 1. The van der Waals surface area contributed by atoms with E-state index in [-0.39, 0.29) is 12.5 Å². The number of aryl methyl sites for hydroxylation is 1. The summed E-state index contributed by atoms with van der Waals surface area (Å²) < 4.78 is 11.4. The summed E-state index contributed by atoms with van der Waals surface area (Å²) in [6.07, 6.45) is 1.54. The van der Waals surface area contributed by atoms with Gasteiger partial charge in [-0.1, -0.05) is 28.1 Å². The van der Waals surface area contributed by atoms with Gasteiger partial charge in [0.25, 0.3) is 5.91 Å². The van der Waals surface area contributed by atoms with Gasteiger partial charge in [-0.15, -0.1) is 0 Å². The second kappa shape index (κ2) is 8.33. The Morgan fingerprint density at radius 3 is 2.83 bits per heavy atom. The summed E-state index contributed by atoms with van der Waals surface area (Å²) in [6, 6.07) is 13.0. The monoisotopic (exact) mass is 376 g/mol. The standard InChI is InChI=1S/C17H17BrN2O3/c1-12-4-3-5-15(8-12)23-11-17(21)20-19-10-13-9-14(22-2)6-7-16(13)18/h3-10H,11H2,1-2H3,(H,20,21)/b19-10+. The molecule has 2 rings (SSSR count). The number of benzene rings is 2. The summed E-state index contributed by atoms with van der Waals surface area (Å²) in [7, 11) is 1.59. The molecular weight excluding hydrogens is 360 g/mol. The number of rotatable bonds is 6. The molecule has 0 saturated carbocycles. The van der Waals surface area contributed by atoms with Gasteiger partial charge in [-0.25, -0.2) is 5.43 Å². The van der Waals surface area contributed by atoms with Crippen LogP contribution in [0.1, 0.15) is 11.1 Å². The molecule has 120 valence electrons. The topological polar surface area (TPSA) is 59.9 Å². The lowest BCUT2D eigenvalue weighted by Gasteiger charge is -2.06. The van der Waals surface area contributed by atoms with Crippen LogP contribution in [0.15, 0.2) is 52.0 Å². The van der Waals surface area contributed by atoms with E-state index in [0.717, 1.165) is 15.6 Å². The Bertz CT molecular complexity index is 717. The van der Waals surface area contributed by atoms with Crippen LogP contribution in [0.3, 0.4) is 0 Å². The molecule has 5 nitrogen and oxygen atoms in total. The smallest absolute Gasteiger partial charge is 0.277 e. The van der Waals surface area contributed by atoms with Gasteiger partial charge in [-0.2, -0.15) is 5.10 Å². The Balaban J connectivity index is 1.86. The van der Waals surface area contributed by atoms with Gasteiger partial charge in [0, 0.05) is 10.0 Å². The van der Waals surface area contributed by atoms with Crippen molar-refractivity contribution in [2.45, 2.75) is 6.92 Å². The number of methoxy groups -OCH3 is 1. The van der Waals surface area contributed by atoms with Crippen LogP contribution in [0.5, 0.6) is 11.5 Å². The summed E-state index contributed by atoms with van der Waals surface area (Å²) in [5, 5.41) is 3.92. The van der Waals surface area contributed by atoms with Crippen molar-refractivity contribution in [3.8, 4) is 11.5 Å². The van der Waals surface area contributed by atoms with E-state index in [1.165, 1.54) is 6.21 Å². The van der Waals surface area contributed by atoms with Crippen molar-refractivity contribution in [2.75, 3.05) is 13.7 Å². The lowest BCUT2D eigenvalue weighted by molar-refractivity contribution is -0.123. The minimum absolute atomic E-state index is 0.0971. The molecule has 0 heterocycles. The molecule has 6 heteroatoms. The van der Waals surface area contributed by atoms with Crippen LogP contribution in [0.2, 0.25) is 0 Å². The summed E-state index contributed by atoms with van der Waals surface area (Å²) in [5.74, 6) is 1.03. The fraction of sp³-hybridized carbons (Fsp3) is 0.176. The molecule has 0 bridgehead atoms. The molecule has 0 fully saturated rings. The number of nitrogens with zero attached hydrogens (tertiary/aromatic N) is 1. The average Bonchev–Trinajstić information content (AvgIpc) is 2.55. The Labute approximate surface area is 143 Å². The van der Waals surface area contributed by atoms with Crippen LogP contribution < -0.4 is 14.9 Å². The van der Waals surface area contributed by atoms with Crippen molar-refractivity contribution in [3.63, 3.8) is 0 Å². The number of amides is 1. The molecule has 0 aliphatic carbocycles. The molecule has 0 atom stereocenters. The van der Waals surface area contributed by atoms with Gasteiger partial charge in [0.1, 0.15) is 11.5 Å². The number of hydrazone groups is 1. The van der Waals surface area contributed by atoms with E-state index in [1.807, 2.05) is 43.3 Å². The highest BCUT2D eigenvalue weighted by Crippen LogP contribution is 2.20. The zero-order valence-corrected chi connectivity index (χ0v) is 14.5. The lowest BCUT2D eigenvalue weighted by Crippen LogP contribution is -2.24. The normalized spacial score (nSPS) is 10.6. The minimum atomic E-state index is -0.332. The molecule has 2 aromatic carbocycles. The molecule has 0 aliphatic heterocycles. The Morgan fingerprint density at radius 1 is 1.26 bits per heavy atom.